The number of carbonyl (C=O) groups excluding carboxylic acids is 2. The minimum absolute atomic E-state index is 0.00132. The lowest BCUT2D eigenvalue weighted by Gasteiger charge is -2.30. The van der Waals surface area contributed by atoms with Crippen molar-refractivity contribution in [3.63, 3.8) is 0 Å². The normalized spacial score (nSPS) is 15.8. The van der Waals surface area contributed by atoms with E-state index in [1.165, 1.54) is 0 Å². The van der Waals surface area contributed by atoms with Crippen LogP contribution in [0.15, 0.2) is 28.8 Å². The van der Waals surface area contributed by atoms with E-state index in [0.717, 1.165) is 31.3 Å². The molecule has 6 nitrogen and oxygen atoms in total. The minimum Gasteiger partial charge on any atom is -0.455 e. The molecule has 0 aliphatic carbocycles. The maximum absolute atomic E-state index is 12.0. The van der Waals surface area contributed by atoms with E-state index in [4.69, 9.17) is 9.26 Å². The largest absolute Gasteiger partial charge is 0.455 e. The first-order chi connectivity index (χ1) is 11.1. The molecule has 122 valence electrons. The number of aromatic nitrogens is 1. The summed E-state index contributed by atoms with van der Waals surface area (Å²) in [6, 6.07) is 7.33. The number of amides is 1. The highest BCUT2D eigenvalue weighted by atomic mass is 16.5. The molecule has 0 unspecified atom stereocenters. The number of piperidine rings is 1. The molecule has 1 aromatic carbocycles. The topological polar surface area (TPSA) is 72.6 Å². The molecule has 1 aliphatic heterocycles. The third kappa shape index (κ3) is 3.70. The molecule has 2 aromatic rings. The Kier molecular flexibility index (Phi) is 4.60. The zero-order valence-corrected chi connectivity index (χ0v) is 13.2. The minimum atomic E-state index is -0.470. The number of fused-ring (bicyclic) bond motifs is 1. The van der Waals surface area contributed by atoms with Gasteiger partial charge in [-0.05, 0) is 30.9 Å². The predicted octanol–water partition coefficient (Wildman–Crippen LogP) is 2.17. The van der Waals surface area contributed by atoms with E-state index in [1.54, 1.807) is 11.0 Å². The first-order valence-electron chi connectivity index (χ1n) is 7.90. The van der Waals surface area contributed by atoms with E-state index in [9.17, 15) is 9.59 Å². The summed E-state index contributed by atoms with van der Waals surface area (Å²) in [4.78, 5) is 25.7. The highest BCUT2D eigenvalue weighted by Crippen LogP contribution is 2.18. The Bertz CT molecular complexity index is 701. The van der Waals surface area contributed by atoms with Crippen molar-refractivity contribution in [3.05, 3.63) is 30.0 Å². The first kappa shape index (κ1) is 15.5. The van der Waals surface area contributed by atoms with Gasteiger partial charge in [-0.2, -0.15) is 0 Å². The van der Waals surface area contributed by atoms with Gasteiger partial charge in [0.1, 0.15) is 5.69 Å². The van der Waals surface area contributed by atoms with Crippen LogP contribution in [0.5, 0.6) is 0 Å². The van der Waals surface area contributed by atoms with Crippen molar-refractivity contribution >= 4 is 22.8 Å². The number of esters is 1. The van der Waals surface area contributed by atoms with Crippen molar-refractivity contribution < 1.29 is 18.8 Å². The fraction of sp³-hybridized carbons (Fsp3) is 0.471. The molecule has 6 heteroatoms. The monoisotopic (exact) mass is 316 g/mol. The molecule has 23 heavy (non-hydrogen) atoms. The van der Waals surface area contributed by atoms with E-state index in [-0.39, 0.29) is 18.9 Å². The van der Waals surface area contributed by atoms with E-state index in [0.29, 0.717) is 17.2 Å². The van der Waals surface area contributed by atoms with Crippen LogP contribution in [0.2, 0.25) is 0 Å². The summed E-state index contributed by atoms with van der Waals surface area (Å²) >= 11 is 0. The van der Waals surface area contributed by atoms with Crippen LogP contribution in [0.4, 0.5) is 0 Å². The van der Waals surface area contributed by atoms with Gasteiger partial charge in [0.25, 0.3) is 5.91 Å². The molecule has 1 fully saturated rings. The number of rotatable bonds is 4. The SMILES string of the molecule is CC1CCN(C(=O)COC(=O)Cc2noc3ccccc23)CC1. The van der Waals surface area contributed by atoms with E-state index in [2.05, 4.69) is 12.1 Å². The van der Waals surface area contributed by atoms with Gasteiger partial charge in [-0.15, -0.1) is 0 Å². The number of benzene rings is 1. The average molecular weight is 316 g/mol. The Morgan fingerprint density at radius 3 is 2.83 bits per heavy atom. The third-order valence-corrected chi connectivity index (χ3v) is 4.26. The quantitative estimate of drug-likeness (QED) is 0.808. The van der Waals surface area contributed by atoms with Crippen LogP contribution in [0.1, 0.15) is 25.5 Å². The molecule has 1 saturated heterocycles. The zero-order chi connectivity index (χ0) is 16.2. The summed E-state index contributed by atoms with van der Waals surface area (Å²) in [7, 11) is 0. The first-order valence-corrected chi connectivity index (χ1v) is 7.90. The fourth-order valence-corrected chi connectivity index (χ4v) is 2.74. The van der Waals surface area contributed by atoms with Gasteiger partial charge < -0.3 is 14.2 Å². The molecule has 2 heterocycles. The van der Waals surface area contributed by atoms with Crippen LogP contribution in [-0.4, -0.2) is 41.6 Å². The summed E-state index contributed by atoms with van der Waals surface area (Å²) in [5, 5.41) is 4.68. The second-order valence-electron chi connectivity index (χ2n) is 6.03. The Hall–Kier alpha value is -2.37. The number of nitrogens with zero attached hydrogens (tertiary/aromatic N) is 2. The van der Waals surface area contributed by atoms with Crippen LogP contribution < -0.4 is 0 Å². The predicted molar refractivity (Wildman–Crippen MR) is 83.7 cm³/mol. The zero-order valence-electron chi connectivity index (χ0n) is 13.2. The van der Waals surface area contributed by atoms with Crippen LogP contribution in [0.3, 0.4) is 0 Å². The Labute approximate surface area is 134 Å². The van der Waals surface area contributed by atoms with Crippen LogP contribution in [0.25, 0.3) is 11.0 Å². The van der Waals surface area contributed by atoms with Gasteiger partial charge >= 0.3 is 5.97 Å². The summed E-state index contributed by atoms with van der Waals surface area (Å²) in [6.07, 6.45) is 2.01. The van der Waals surface area contributed by atoms with Gasteiger partial charge in [0.15, 0.2) is 12.2 Å². The summed E-state index contributed by atoms with van der Waals surface area (Å²) in [5.41, 5.74) is 1.17. The Morgan fingerprint density at radius 1 is 1.30 bits per heavy atom. The molecule has 0 atom stereocenters. The van der Waals surface area contributed by atoms with Crippen molar-refractivity contribution in [3.8, 4) is 0 Å². The standard InChI is InChI=1S/C17H20N2O4/c1-12-6-8-19(9-7-12)16(20)11-22-17(21)10-14-13-4-2-3-5-15(13)23-18-14/h2-5,12H,6-11H2,1H3. The molecular weight excluding hydrogens is 296 g/mol. The maximum Gasteiger partial charge on any atom is 0.312 e. The summed E-state index contributed by atoms with van der Waals surface area (Å²) in [6.45, 7) is 3.46. The molecule has 1 aromatic heterocycles. The molecule has 3 rings (SSSR count). The number of carbonyl (C=O) groups is 2. The highest BCUT2D eigenvalue weighted by Gasteiger charge is 2.21. The second-order valence-corrected chi connectivity index (χ2v) is 6.03. The Balaban J connectivity index is 1.51. The van der Waals surface area contributed by atoms with Crippen LogP contribution in [-0.2, 0) is 20.7 Å². The average Bonchev–Trinajstić information content (AvgIpc) is 2.96. The van der Waals surface area contributed by atoms with Gasteiger partial charge in [-0.1, -0.05) is 24.2 Å². The molecule has 0 N–H and O–H groups in total. The van der Waals surface area contributed by atoms with Crippen molar-refractivity contribution in [2.75, 3.05) is 19.7 Å². The lowest BCUT2D eigenvalue weighted by molar-refractivity contribution is -0.152. The van der Waals surface area contributed by atoms with Gasteiger partial charge in [-0.3, -0.25) is 9.59 Å². The molecule has 1 amide bonds. The van der Waals surface area contributed by atoms with Crippen molar-refractivity contribution in [2.45, 2.75) is 26.2 Å². The third-order valence-electron chi connectivity index (χ3n) is 4.26. The van der Waals surface area contributed by atoms with E-state index >= 15 is 0 Å². The fourth-order valence-electron chi connectivity index (χ4n) is 2.74. The molecule has 0 bridgehead atoms. The van der Waals surface area contributed by atoms with Crippen molar-refractivity contribution in [2.24, 2.45) is 5.92 Å². The molecular formula is C17H20N2O4. The van der Waals surface area contributed by atoms with Crippen LogP contribution >= 0.6 is 0 Å². The van der Waals surface area contributed by atoms with Gasteiger partial charge in [-0.25, -0.2) is 0 Å². The van der Waals surface area contributed by atoms with E-state index in [1.807, 2.05) is 18.2 Å². The molecule has 1 aliphatic rings. The van der Waals surface area contributed by atoms with Crippen LogP contribution in [0, 0.1) is 5.92 Å². The number of para-hydroxylation sites is 1. The molecule has 0 saturated carbocycles. The number of likely N-dealkylation sites (tertiary alicyclic amines) is 1. The van der Waals surface area contributed by atoms with Gasteiger partial charge in [0.2, 0.25) is 0 Å². The molecule has 0 spiro atoms. The van der Waals surface area contributed by atoms with Crippen molar-refractivity contribution in [1.82, 2.24) is 10.1 Å². The lowest BCUT2D eigenvalue weighted by Crippen LogP contribution is -2.40. The molecule has 0 radical (unpaired) electrons. The number of ether oxygens (including phenoxy) is 1. The summed E-state index contributed by atoms with van der Waals surface area (Å²) in [5.74, 6) is 0.0556. The number of hydrogen-bond acceptors (Lipinski definition) is 5. The smallest absolute Gasteiger partial charge is 0.312 e. The highest BCUT2D eigenvalue weighted by molar-refractivity contribution is 5.85. The maximum atomic E-state index is 12.0. The van der Waals surface area contributed by atoms with Gasteiger partial charge in [0.05, 0.1) is 6.42 Å². The van der Waals surface area contributed by atoms with Crippen molar-refractivity contribution in [1.29, 1.82) is 0 Å². The summed E-state index contributed by atoms with van der Waals surface area (Å²) < 4.78 is 10.2. The lowest BCUT2D eigenvalue weighted by atomic mass is 9.99. The number of hydrogen-bond donors (Lipinski definition) is 0. The second kappa shape index (κ2) is 6.81. The van der Waals surface area contributed by atoms with Gasteiger partial charge in [0, 0.05) is 18.5 Å². The van der Waals surface area contributed by atoms with E-state index < -0.39 is 5.97 Å². The Morgan fingerprint density at radius 2 is 2.04 bits per heavy atom.